The number of fused-ring (bicyclic) bond motifs is 2. The van der Waals surface area contributed by atoms with E-state index >= 15 is 0 Å². The first-order chi connectivity index (χ1) is 15.9. The number of ether oxygens (including phenoxy) is 4. The molecule has 10 nitrogen and oxygen atoms in total. The fourth-order valence-corrected chi connectivity index (χ4v) is 7.06. The third-order valence-corrected chi connectivity index (χ3v) is 8.86. The predicted octanol–water partition coefficient (Wildman–Crippen LogP) is 1.61. The van der Waals surface area contributed by atoms with Crippen LogP contribution in [-0.2, 0) is 43.4 Å². The summed E-state index contributed by atoms with van der Waals surface area (Å²) in [5.41, 5.74) is -0.679. The third-order valence-electron chi connectivity index (χ3n) is 8.05. The molecule has 6 aliphatic rings. The van der Waals surface area contributed by atoms with Crippen molar-refractivity contribution >= 4 is 28.0 Å². The minimum absolute atomic E-state index is 0.122. The lowest BCUT2D eigenvalue weighted by Crippen LogP contribution is -2.60. The highest BCUT2D eigenvalue weighted by Gasteiger charge is 2.61. The van der Waals surface area contributed by atoms with Crippen LogP contribution in [0.4, 0.5) is 8.78 Å². The van der Waals surface area contributed by atoms with Gasteiger partial charge in [0, 0.05) is 6.42 Å². The van der Waals surface area contributed by atoms with Crippen molar-refractivity contribution in [3.8, 4) is 0 Å². The molecule has 1 saturated heterocycles. The highest BCUT2D eigenvalue weighted by Crippen LogP contribution is 2.58. The molecule has 5 saturated carbocycles. The van der Waals surface area contributed by atoms with E-state index in [0.29, 0.717) is 51.4 Å². The molecule has 5 aliphatic carbocycles. The highest BCUT2D eigenvalue weighted by molar-refractivity contribution is 7.87. The van der Waals surface area contributed by atoms with Crippen LogP contribution in [0.2, 0.25) is 0 Å². The maximum atomic E-state index is 13.7. The Morgan fingerprint density at radius 3 is 2.41 bits per heavy atom. The summed E-state index contributed by atoms with van der Waals surface area (Å²) in [6, 6.07) is 0. The molecule has 0 amide bonds. The number of halogens is 2. The van der Waals surface area contributed by atoms with Gasteiger partial charge in [-0.1, -0.05) is 0 Å². The van der Waals surface area contributed by atoms with Gasteiger partial charge in [-0.15, -0.1) is 0 Å². The zero-order valence-corrected chi connectivity index (χ0v) is 19.0. The summed E-state index contributed by atoms with van der Waals surface area (Å²) in [7, 11) is -5.94. The molecule has 1 N–H and O–H groups in total. The standard InChI is InChI=1S/C21H26F2O10S/c22-21(23,34(27,28)29)19(26)33-17-12-3-10-4-13(17)8-20(6-10,7-12)30-9-16(24)31-14-2-1-11-5-15(14)32-18(11)25/h10-15,17H,1-9H2,(H,27,28,29). The lowest BCUT2D eigenvalue weighted by Gasteiger charge is -2.58. The van der Waals surface area contributed by atoms with Crippen molar-refractivity contribution in [1.82, 2.24) is 0 Å². The molecule has 1 heterocycles. The maximum Gasteiger partial charge on any atom is 0.465 e. The Morgan fingerprint density at radius 1 is 1.09 bits per heavy atom. The molecular formula is C21H26F2O10S. The molecule has 34 heavy (non-hydrogen) atoms. The second-order valence-electron chi connectivity index (χ2n) is 10.3. The summed E-state index contributed by atoms with van der Waals surface area (Å²) in [4.78, 5) is 35.9. The number of hydrogen-bond acceptors (Lipinski definition) is 9. The van der Waals surface area contributed by atoms with Crippen molar-refractivity contribution in [3.63, 3.8) is 0 Å². The van der Waals surface area contributed by atoms with Gasteiger partial charge in [-0.05, 0) is 62.7 Å². The summed E-state index contributed by atoms with van der Waals surface area (Å²) in [5, 5.41) is -5.04. The van der Waals surface area contributed by atoms with Crippen molar-refractivity contribution in [3.05, 3.63) is 0 Å². The van der Waals surface area contributed by atoms with Crippen LogP contribution in [-0.4, -0.2) is 66.7 Å². The van der Waals surface area contributed by atoms with E-state index in [9.17, 15) is 31.6 Å². The molecule has 6 bridgehead atoms. The number of carbonyl (C=O) groups is 3. The first kappa shape index (κ1) is 23.9. The van der Waals surface area contributed by atoms with Crippen LogP contribution in [0.5, 0.6) is 0 Å². The van der Waals surface area contributed by atoms with Crippen LogP contribution >= 0.6 is 0 Å². The number of rotatable bonds is 7. The summed E-state index contributed by atoms with van der Waals surface area (Å²) < 4.78 is 79.4. The van der Waals surface area contributed by atoms with Gasteiger partial charge in [-0.2, -0.15) is 17.2 Å². The molecule has 5 atom stereocenters. The molecule has 0 aromatic heterocycles. The smallest absolute Gasteiger partial charge is 0.458 e. The summed E-state index contributed by atoms with van der Waals surface area (Å²) in [6.07, 6.45) is 2.51. The molecule has 6 fully saturated rings. The highest BCUT2D eigenvalue weighted by atomic mass is 32.2. The normalized spacial score (nSPS) is 40.7. The second-order valence-corrected chi connectivity index (χ2v) is 11.8. The molecule has 0 aromatic rings. The molecule has 1 aliphatic heterocycles. The summed E-state index contributed by atoms with van der Waals surface area (Å²) in [6.45, 7) is -0.308. The Bertz CT molecular complexity index is 982. The van der Waals surface area contributed by atoms with Crippen LogP contribution < -0.4 is 0 Å². The first-order valence-corrected chi connectivity index (χ1v) is 12.9. The van der Waals surface area contributed by atoms with E-state index in [1.165, 1.54) is 0 Å². The molecule has 0 radical (unpaired) electrons. The molecule has 0 spiro atoms. The summed E-state index contributed by atoms with van der Waals surface area (Å²) in [5.74, 6) is -3.67. The second kappa shape index (κ2) is 8.09. The lowest BCUT2D eigenvalue weighted by molar-refractivity contribution is -0.223. The zero-order valence-electron chi connectivity index (χ0n) is 18.2. The van der Waals surface area contributed by atoms with Gasteiger partial charge in [0.1, 0.15) is 24.9 Å². The van der Waals surface area contributed by atoms with Gasteiger partial charge in [0.05, 0.1) is 11.5 Å². The average Bonchev–Trinajstić information content (AvgIpc) is 3.04. The molecule has 0 aromatic carbocycles. The predicted molar refractivity (Wildman–Crippen MR) is 106 cm³/mol. The van der Waals surface area contributed by atoms with Crippen LogP contribution in [0, 0.1) is 23.7 Å². The number of alkyl halides is 2. The van der Waals surface area contributed by atoms with Crippen LogP contribution in [0.1, 0.15) is 51.4 Å². The Labute approximate surface area is 194 Å². The van der Waals surface area contributed by atoms with Gasteiger partial charge in [0.2, 0.25) is 0 Å². The van der Waals surface area contributed by atoms with Gasteiger partial charge in [0.15, 0.2) is 0 Å². The van der Waals surface area contributed by atoms with Crippen LogP contribution in [0.3, 0.4) is 0 Å². The first-order valence-electron chi connectivity index (χ1n) is 11.5. The monoisotopic (exact) mass is 508 g/mol. The Balaban J connectivity index is 1.18. The fraction of sp³-hybridized carbons (Fsp3) is 0.857. The SMILES string of the molecule is O=C(COC12CC3CC(C1)C(OC(=O)C(F)(F)S(=O)(=O)O)C(C3)C2)OC1CCC2CC1OC2=O. The molecular weight excluding hydrogens is 482 g/mol. The largest absolute Gasteiger partial charge is 0.465 e. The molecule has 13 heteroatoms. The van der Waals surface area contributed by atoms with Gasteiger partial charge in [-0.25, -0.2) is 9.59 Å². The molecule has 6 rings (SSSR count). The van der Waals surface area contributed by atoms with Gasteiger partial charge in [-0.3, -0.25) is 9.35 Å². The molecule has 190 valence electrons. The van der Waals surface area contributed by atoms with Crippen LogP contribution in [0.15, 0.2) is 0 Å². The van der Waals surface area contributed by atoms with E-state index in [-0.39, 0.29) is 36.2 Å². The van der Waals surface area contributed by atoms with E-state index < -0.39 is 51.2 Å². The van der Waals surface area contributed by atoms with Crippen molar-refractivity contribution in [2.75, 3.05) is 6.61 Å². The van der Waals surface area contributed by atoms with E-state index in [4.69, 9.17) is 23.5 Å². The summed E-state index contributed by atoms with van der Waals surface area (Å²) >= 11 is 0. The van der Waals surface area contributed by atoms with Crippen molar-refractivity contribution in [1.29, 1.82) is 0 Å². The third kappa shape index (κ3) is 4.09. The van der Waals surface area contributed by atoms with E-state index in [0.717, 1.165) is 0 Å². The minimum Gasteiger partial charge on any atom is -0.458 e. The minimum atomic E-state index is -5.94. The van der Waals surface area contributed by atoms with Gasteiger partial charge < -0.3 is 18.9 Å². The zero-order chi connectivity index (χ0) is 24.5. The number of carbonyl (C=O) groups excluding carboxylic acids is 3. The Kier molecular flexibility index (Phi) is 5.68. The average molecular weight is 508 g/mol. The quantitative estimate of drug-likeness (QED) is 0.306. The van der Waals surface area contributed by atoms with Crippen molar-refractivity contribution < 1.29 is 55.1 Å². The Hall–Kier alpha value is -1.86. The van der Waals surface area contributed by atoms with E-state index in [1.54, 1.807) is 0 Å². The van der Waals surface area contributed by atoms with E-state index in [2.05, 4.69) is 0 Å². The maximum absolute atomic E-state index is 13.7. The molecule has 5 unspecified atom stereocenters. The van der Waals surface area contributed by atoms with Gasteiger partial charge in [0.25, 0.3) is 0 Å². The topological polar surface area (TPSA) is 143 Å². The number of hydrogen-bond donors (Lipinski definition) is 1. The Morgan fingerprint density at radius 2 is 1.76 bits per heavy atom. The van der Waals surface area contributed by atoms with Gasteiger partial charge >= 0.3 is 33.3 Å². The van der Waals surface area contributed by atoms with Crippen molar-refractivity contribution in [2.45, 2.75) is 80.5 Å². The van der Waals surface area contributed by atoms with Crippen molar-refractivity contribution in [2.24, 2.45) is 23.7 Å². The van der Waals surface area contributed by atoms with E-state index in [1.807, 2.05) is 0 Å². The fourth-order valence-electron chi connectivity index (χ4n) is 6.80. The lowest BCUT2D eigenvalue weighted by atomic mass is 9.53. The van der Waals surface area contributed by atoms with Crippen LogP contribution in [0.25, 0.3) is 0 Å². The number of esters is 3.